The van der Waals surface area contributed by atoms with E-state index >= 15 is 0 Å². The van der Waals surface area contributed by atoms with Gasteiger partial charge in [0.1, 0.15) is 11.6 Å². The van der Waals surface area contributed by atoms with Gasteiger partial charge in [-0.3, -0.25) is 9.10 Å². The zero-order chi connectivity index (χ0) is 22.4. The molecule has 0 atom stereocenters. The number of piperazine rings is 1. The van der Waals surface area contributed by atoms with Crippen molar-refractivity contribution in [2.75, 3.05) is 55.3 Å². The number of methoxy groups -OCH3 is 1. The van der Waals surface area contributed by atoms with Crippen LogP contribution in [0.1, 0.15) is 12.8 Å². The zero-order valence-electron chi connectivity index (χ0n) is 17.8. The number of hydrogen-bond donors (Lipinski definition) is 0. The Hall–Kier alpha value is -2.81. The molecule has 2 aromatic rings. The van der Waals surface area contributed by atoms with Crippen LogP contribution in [0.2, 0.25) is 0 Å². The molecule has 1 heterocycles. The second-order valence-corrected chi connectivity index (χ2v) is 9.36. The van der Waals surface area contributed by atoms with Gasteiger partial charge in [-0.1, -0.05) is 12.1 Å². The number of halogens is 1. The molecular formula is C22H28FN3O4S. The number of anilines is 2. The van der Waals surface area contributed by atoms with E-state index in [4.69, 9.17) is 4.74 Å². The van der Waals surface area contributed by atoms with Crippen LogP contribution in [0.5, 0.6) is 5.75 Å². The van der Waals surface area contributed by atoms with Crippen molar-refractivity contribution in [2.24, 2.45) is 0 Å². The van der Waals surface area contributed by atoms with Gasteiger partial charge in [-0.2, -0.15) is 0 Å². The lowest BCUT2D eigenvalue weighted by Crippen LogP contribution is -2.49. The van der Waals surface area contributed by atoms with Gasteiger partial charge in [0, 0.05) is 39.1 Å². The number of ether oxygens (including phenoxy) is 1. The van der Waals surface area contributed by atoms with Crippen LogP contribution in [-0.4, -0.2) is 65.3 Å². The van der Waals surface area contributed by atoms with Gasteiger partial charge >= 0.3 is 0 Å². The van der Waals surface area contributed by atoms with E-state index in [1.165, 1.54) is 28.6 Å². The third-order valence-corrected chi connectivity index (χ3v) is 6.52. The maximum atomic E-state index is 13.2. The Morgan fingerprint density at radius 3 is 2.32 bits per heavy atom. The highest BCUT2D eigenvalue weighted by Gasteiger charge is 2.23. The van der Waals surface area contributed by atoms with E-state index in [2.05, 4.69) is 4.90 Å². The summed E-state index contributed by atoms with van der Waals surface area (Å²) in [6.45, 7) is 2.78. The van der Waals surface area contributed by atoms with Crippen molar-refractivity contribution >= 4 is 27.3 Å². The van der Waals surface area contributed by atoms with Crippen LogP contribution in [0, 0.1) is 5.82 Å². The maximum Gasteiger partial charge on any atom is 0.232 e. The van der Waals surface area contributed by atoms with E-state index in [9.17, 15) is 17.6 Å². The van der Waals surface area contributed by atoms with E-state index in [1.807, 2.05) is 29.2 Å². The Morgan fingerprint density at radius 1 is 1.06 bits per heavy atom. The molecule has 7 nitrogen and oxygen atoms in total. The van der Waals surface area contributed by atoms with Crippen molar-refractivity contribution in [3.8, 4) is 5.75 Å². The molecule has 2 aromatic carbocycles. The number of carbonyl (C=O) groups is 1. The number of sulfonamides is 1. The van der Waals surface area contributed by atoms with Crippen molar-refractivity contribution in [3.05, 3.63) is 54.3 Å². The standard InChI is InChI=1S/C22H28FN3O4S/c1-30-21-7-4-3-6-20(21)24-14-16-25(17-15-24)22(27)8-5-13-26(31(2,28)29)19-11-9-18(23)10-12-19/h3-4,6-7,9-12H,5,8,13-17H2,1-2H3. The lowest BCUT2D eigenvalue weighted by Gasteiger charge is -2.36. The highest BCUT2D eigenvalue weighted by atomic mass is 32.2. The summed E-state index contributed by atoms with van der Waals surface area (Å²) in [6.07, 6.45) is 1.74. The first-order valence-corrected chi connectivity index (χ1v) is 12.0. The minimum atomic E-state index is -3.53. The molecule has 0 aromatic heterocycles. The number of carbonyl (C=O) groups excluding carboxylic acids is 1. The van der Waals surface area contributed by atoms with Crippen LogP contribution in [0.25, 0.3) is 0 Å². The van der Waals surface area contributed by atoms with Crippen LogP contribution in [0.15, 0.2) is 48.5 Å². The molecule has 0 aliphatic carbocycles. The van der Waals surface area contributed by atoms with E-state index < -0.39 is 15.8 Å². The third-order valence-electron chi connectivity index (χ3n) is 5.33. The Balaban J connectivity index is 1.52. The number of rotatable bonds is 8. The molecule has 0 spiro atoms. The van der Waals surface area contributed by atoms with Crippen molar-refractivity contribution in [1.29, 1.82) is 0 Å². The summed E-state index contributed by atoms with van der Waals surface area (Å²) in [5, 5.41) is 0. The van der Waals surface area contributed by atoms with Crippen LogP contribution in [0.4, 0.5) is 15.8 Å². The highest BCUT2D eigenvalue weighted by Crippen LogP contribution is 2.28. The number of amides is 1. The molecule has 0 unspecified atom stereocenters. The molecule has 1 amide bonds. The molecule has 0 N–H and O–H groups in total. The monoisotopic (exact) mass is 449 g/mol. The Kier molecular flexibility index (Phi) is 7.37. The molecule has 31 heavy (non-hydrogen) atoms. The summed E-state index contributed by atoms with van der Waals surface area (Å²) in [5.41, 5.74) is 1.40. The quantitative estimate of drug-likeness (QED) is 0.620. The predicted octanol–water partition coefficient (Wildman–Crippen LogP) is 2.73. The largest absolute Gasteiger partial charge is 0.495 e. The third kappa shape index (κ3) is 5.88. The first-order valence-electron chi connectivity index (χ1n) is 10.2. The van der Waals surface area contributed by atoms with Gasteiger partial charge in [-0.25, -0.2) is 12.8 Å². The van der Waals surface area contributed by atoms with Crippen LogP contribution in [0.3, 0.4) is 0 Å². The molecule has 3 rings (SSSR count). The summed E-state index contributed by atoms with van der Waals surface area (Å²) in [7, 11) is -1.89. The van der Waals surface area contributed by atoms with Crippen LogP contribution < -0.4 is 13.9 Å². The number of para-hydroxylation sites is 2. The Bertz CT molecular complexity index is 990. The van der Waals surface area contributed by atoms with Gasteiger partial charge < -0.3 is 14.5 Å². The molecule has 1 aliphatic heterocycles. The summed E-state index contributed by atoms with van der Waals surface area (Å²) in [6, 6.07) is 13.1. The highest BCUT2D eigenvalue weighted by molar-refractivity contribution is 7.92. The van der Waals surface area contributed by atoms with Gasteiger partial charge in [0.15, 0.2) is 0 Å². The van der Waals surface area contributed by atoms with Crippen LogP contribution >= 0.6 is 0 Å². The van der Waals surface area contributed by atoms with E-state index in [0.717, 1.165) is 17.7 Å². The topological polar surface area (TPSA) is 70.2 Å². The molecule has 1 fully saturated rings. The lowest BCUT2D eigenvalue weighted by atomic mass is 10.2. The lowest BCUT2D eigenvalue weighted by molar-refractivity contribution is -0.131. The van der Waals surface area contributed by atoms with E-state index in [1.54, 1.807) is 7.11 Å². The van der Waals surface area contributed by atoms with Crippen molar-refractivity contribution in [2.45, 2.75) is 12.8 Å². The summed E-state index contributed by atoms with van der Waals surface area (Å²) < 4.78 is 44.1. The van der Waals surface area contributed by atoms with Gasteiger partial charge in [-0.15, -0.1) is 0 Å². The molecule has 0 bridgehead atoms. The molecule has 1 aliphatic rings. The normalized spacial score (nSPS) is 14.4. The smallest absolute Gasteiger partial charge is 0.232 e. The second-order valence-electron chi connectivity index (χ2n) is 7.45. The Labute approximate surface area is 183 Å². The first-order chi connectivity index (χ1) is 14.8. The average molecular weight is 450 g/mol. The molecule has 9 heteroatoms. The van der Waals surface area contributed by atoms with Gasteiger partial charge in [0.2, 0.25) is 15.9 Å². The molecule has 168 valence electrons. The maximum absolute atomic E-state index is 13.2. The SMILES string of the molecule is COc1ccccc1N1CCN(C(=O)CCCN(c2ccc(F)cc2)S(C)(=O)=O)CC1. The van der Waals surface area contributed by atoms with Gasteiger partial charge in [0.25, 0.3) is 0 Å². The number of nitrogens with zero attached hydrogens (tertiary/aromatic N) is 3. The summed E-state index contributed by atoms with van der Waals surface area (Å²) in [5.74, 6) is 0.385. The fraction of sp³-hybridized carbons (Fsp3) is 0.409. The predicted molar refractivity (Wildman–Crippen MR) is 120 cm³/mol. The fourth-order valence-corrected chi connectivity index (χ4v) is 4.68. The van der Waals surface area contributed by atoms with E-state index in [0.29, 0.717) is 38.3 Å². The molecule has 0 saturated carbocycles. The Morgan fingerprint density at radius 2 is 1.71 bits per heavy atom. The van der Waals surface area contributed by atoms with Crippen LogP contribution in [-0.2, 0) is 14.8 Å². The minimum Gasteiger partial charge on any atom is -0.495 e. The number of benzene rings is 2. The van der Waals surface area contributed by atoms with Crippen molar-refractivity contribution in [1.82, 2.24) is 4.90 Å². The molecule has 0 radical (unpaired) electrons. The zero-order valence-corrected chi connectivity index (χ0v) is 18.6. The summed E-state index contributed by atoms with van der Waals surface area (Å²) >= 11 is 0. The first kappa shape index (κ1) is 22.9. The fourth-order valence-electron chi connectivity index (χ4n) is 3.71. The average Bonchev–Trinajstić information content (AvgIpc) is 2.76. The van der Waals surface area contributed by atoms with Gasteiger partial charge in [-0.05, 0) is 42.8 Å². The van der Waals surface area contributed by atoms with E-state index in [-0.39, 0.29) is 18.9 Å². The summed E-state index contributed by atoms with van der Waals surface area (Å²) in [4.78, 5) is 16.7. The van der Waals surface area contributed by atoms with Crippen molar-refractivity contribution in [3.63, 3.8) is 0 Å². The second kappa shape index (κ2) is 10.00. The number of hydrogen-bond acceptors (Lipinski definition) is 5. The molecule has 1 saturated heterocycles. The van der Waals surface area contributed by atoms with Crippen molar-refractivity contribution < 1.29 is 22.3 Å². The van der Waals surface area contributed by atoms with Gasteiger partial charge in [0.05, 0.1) is 24.7 Å². The molecular weight excluding hydrogens is 421 g/mol. The minimum absolute atomic E-state index is 0.00670.